The number of nitro benzene ring substituents is 1. The maximum Gasteiger partial charge on any atom is 0.451 e. The average Bonchev–Trinajstić information content (AvgIpc) is 3.15. The van der Waals surface area contributed by atoms with E-state index < -0.39 is 16.9 Å². The third-order valence-corrected chi connectivity index (χ3v) is 4.96. The highest BCUT2D eigenvalue weighted by molar-refractivity contribution is 6.30. The summed E-state index contributed by atoms with van der Waals surface area (Å²) >= 11 is 5.84. The Balaban J connectivity index is 1.50. The number of aromatic nitrogens is 2. The summed E-state index contributed by atoms with van der Waals surface area (Å²) in [7, 11) is 0. The molecule has 156 valence electrons. The molecule has 0 atom stereocenters. The number of furan rings is 1. The predicted octanol–water partition coefficient (Wildman–Crippen LogP) is 4.88. The Kier molecular flexibility index (Phi) is 5.20. The van der Waals surface area contributed by atoms with E-state index in [2.05, 4.69) is 9.97 Å². The van der Waals surface area contributed by atoms with Crippen LogP contribution in [0.4, 0.5) is 18.9 Å². The van der Waals surface area contributed by atoms with Crippen LogP contribution in [0.25, 0.3) is 11.3 Å². The molecule has 1 aliphatic rings. The van der Waals surface area contributed by atoms with Gasteiger partial charge in [0.05, 0.1) is 22.7 Å². The Labute approximate surface area is 173 Å². The molecule has 0 aliphatic carbocycles. The van der Waals surface area contributed by atoms with Crippen molar-refractivity contribution in [3.05, 3.63) is 74.5 Å². The van der Waals surface area contributed by atoms with Crippen molar-refractivity contribution in [3.8, 4) is 11.3 Å². The second-order valence-electron chi connectivity index (χ2n) is 6.81. The number of nitrogens with zero attached hydrogens (tertiary/aromatic N) is 4. The molecule has 1 aliphatic heterocycles. The van der Waals surface area contributed by atoms with Gasteiger partial charge in [0, 0.05) is 42.4 Å². The Hall–Kier alpha value is -2.98. The summed E-state index contributed by atoms with van der Waals surface area (Å²) < 4.78 is 44.1. The lowest BCUT2D eigenvalue weighted by atomic mass is 10.1. The third kappa shape index (κ3) is 4.14. The lowest BCUT2D eigenvalue weighted by Crippen LogP contribution is -2.31. The normalized spacial score (nSPS) is 14.5. The second kappa shape index (κ2) is 7.69. The van der Waals surface area contributed by atoms with E-state index >= 15 is 0 Å². The summed E-state index contributed by atoms with van der Waals surface area (Å²) in [6, 6.07) is 7.68. The SMILES string of the molecule is O=[N+]([O-])c1cc(Cl)ccc1-c1ccc(CN2CCc3nc(C(F)(F)F)ncc3C2)o1. The standard InChI is InChI=1S/C19H14ClF3N4O3/c20-12-1-3-14(16(7-12)27(28)29)17-4-2-13(30-17)10-26-6-5-15-11(9-26)8-24-18(25-15)19(21,22)23/h1-4,7-8H,5-6,9-10H2. The number of alkyl halides is 3. The van der Waals surface area contributed by atoms with Crippen LogP contribution in [0.2, 0.25) is 5.02 Å². The van der Waals surface area contributed by atoms with Gasteiger partial charge in [-0.25, -0.2) is 9.97 Å². The highest BCUT2D eigenvalue weighted by atomic mass is 35.5. The minimum atomic E-state index is -4.57. The lowest BCUT2D eigenvalue weighted by molar-refractivity contribution is -0.384. The minimum Gasteiger partial charge on any atom is -0.459 e. The number of hydrogen-bond donors (Lipinski definition) is 0. The van der Waals surface area contributed by atoms with Gasteiger partial charge in [0.1, 0.15) is 11.5 Å². The van der Waals surface area contributed by atoms with Gasteiger partial charge in [-0.1, -0.05) is 11.6 Å². The van der Waals surface area contributed by atoms with E-state index in [4.69, 9.17) is 16.0 Å². The smallest absolute Gasteiger partial charge is 0.451 e. The van der Waals surface area contributed by atoms with Crippen LogP contribution >= 0.6 is 11.6 Å². The largest absolute Gasteiger partial charge is 0.459 e. The summed E-state index contributed by atoms with van der Waals surface area (Å²) in [5, 5.41) is 11.5. The van der Waals surface area contributed by atoms with Gasteiger partial charge in [0.25, 0.3) is 5.69 Å². The quantitative estimate of drug-likeness (QED) is 0.426. The van der Waals surface area contributed by atoms with E-state index in [0.717, 1.165) is 0 Å². The first-order valence-electron chi connectivity index (χ1n) is 8.88. The van der Waals surface area contributed by atoms with Gasteiger partial charge in [-0.05, 0) is 24.3 Å². The molecular weight excluding hydrogens is 425 g/mol. The van der Waals surface area contributed by atoms with Crippen LogP contribution in [0.3, 0.4) is 0 Å². The monoisotopic (exact) mass is 438 g/mol. The number of halogens is 4. The number of fused-ring (bicyclic) bond motifs is 1. The van der Waals surface area contributed by atoms with E-state index in [1.54, 1.807) is 18.2 Å². The van der Waals surface area contributed by atoms with Crippen molar-refractivity contribution in [1.29, 1.82) is 0 Å². The molecule has 3 aromatic rings. The molecular formula is C19H14ClF3N4O3. The summed E-state index contributed by atoms with van der Waals surface area (Å²) in [6.07, 6.45) is -3.00. The summed E-state index contributed by atoms with van der Waals surface area (Å²) in [6.45, 7) is 1.27. The highest BCUT2D eigenvalue weighted by Gasteiger charge is 2.35. The van der Waals surface area contributed by atoms with Crippen LogP contribution < -0.4 is 0 Å². The van der Waals surface area contributed by atoms with Crippen molar-refractivity contribution in [2.24, 2.45) is 0 Å². The fourth-order valence-corrected chi connectivity index (χ4v) is 3.50. The van der Waals surface area contributed by atoms with Crippen LogP contribution in [0, 0.1) is 10.1 Å². The molecule has 11 heteroatoms. The zero-order chi connectivity index (χ0) is 21.5. The van der Waals surface area contributed by atoms with E-state index in [1.165, 1.54) is 18.3 Å². The van der Waals surface area contributed by atoms with Crippen LogP contribution in [0.5, 0.6) is 0 Å². The van der Waals surface area contributed by atoms with E-state index in [0.29, 0.717) is 54.4 Å². The van der Waals surface area contributed by atoms with Gasteiger partial charge in [0.2, 0.25) is 5.82 Å². The van der Waals surface area contributed by atoms with E-state index in [-0.39, 0.29) is 10.7 Å². The Morgan fingerprint density at radius 2 is 2.07 bits per heavy atom. The van der Waals surface area contributed by atoms with Crippen molar-refractivity contribution in [3.63, 3.8) is 0 Å². The fraction of sp³-hybridized carbons (Fsp3) is 0.263. The fourth-order valence-electron chi connectivity index (χ4n) is 3.34. The molecule has 0 unspecified atom stereocenters. The molecule has 0 radical (unpaired) electrons. The van der Waals surface area contributed by atoms with E-state index in [9.17, 15) is 23.3 Å². The van der Waals surface area contributed by atoms with Gasteiger partial charge in [-0.2, -0.15) is 13.2 Å². The molecule has 0 N–H and O–H groups in total. The number of nitro groups is 1. The molecule has 4 rings (SSSR count). The molecule has 30 heavy (non-hydrogen) atoms. The molecule has 0 saturated carbocycles. The topological polar surface area (TPSA) is 85.3 Å². The predicted molar refractivity (Wildman–Crippen MR) is 101 cm³/mol. The lowest BCUT2D eigenvalue weighted by Gasteiger charge is -2.27. The molecule has 7 nitrogen and oxygen atoms in total. The molecule has 0 saturated heterocycles. The Morgan fingerprint density at radius 1 is 1.27 bits per heavy atom. The molecule has 0 amide bonds. The maximum atomic E-state index is 12.8. The van der Waals surface area contributed by atoms with Crippen molar-refractivity contribution < 1.29 is 22.5 Å². The van der Waals surface area contributed by atoms with Crippen molar-refractivity contribution in [1.82, 2.24) is 14.9 Å². The van der Waals surface area contributed by atoms with E-state index in [1.807, 2.05) is 4.90 Å². The first-order valence-corrected chi connectivity index (χ1v) is 9.26. The Bertz CT molecular complexity index is 1120. The van der Waals surface area contributed by atoms with Crippen LogP contribution in [0.1, 0.15) is 22.8 Å². The summed E-state index contributed by atoms with van der Waals surface area (Å²) in [5.74, 6) is -0.218. The average molecular weight is 439 g/mol. The van der Waals surface area contributed by atoms with Gasteiger partial charge in [0.15, 0.2) is 0 Å². The first kappa shape index (κ1) is 20.3. The highest BCUT2D eigenvalue weighted by Crippen LogP contribution is 2.34. The molecule has 2 aromatic heterocycles. The Morgan fingerprint density at radius 3 is 2.80 bits per heavy atom. The maximum absolute atomic E-state index is 12.8. The summed E-state index contributed by atoms with van der Waals surface area (Å²) in [4.78, 5) is 19.8. The zero-order valence-electron chi connectivity index (χ0n) is 15.3. The number of benzene rings is 1. The third-order valence-electron chi connectivity index (χ3n) is 4.73. The minimum absolute atomic E-state index is 0.159. The molecule has 1 aromatic carbocycles. The van der Waals surface area contributed by atoms with Crippen molar-refractivity contribution >= 4 is 17.3 Å². The van der Waals surface area contributed by atoms with Crippen LogP contribution in [0.15, 0.2) is 40.9 Å². The van der Waals surface area contributed by atoms with Gasteiger partial charge in [-0.15, -0.1) is 0 Å². The number of rotatable bonds is 4. The van der Waals surface area contributed by atoms with Crippen molar-refractivity contribution in [2.45, 2.75) is 25.7 Å². The van der Waals surface area contributed by atoms with Gasteiger partial charge in [-0.3, -0.25) is 15.0 Å². The second-order valence-corrected chi connectivity index (χ2v) is 7.24. The van der Waals surface area contributed by atoms with Crippen LogP contribution in [-0.4, -0.2) is 26.3 Å². The summed E-state index contributed by atoms with van der Waals surface area (Å²) in [5.41, 5.74) is 1.18. The molecule has 0 fully saturated rings. The molecule has 0 spiro atoms. The molecule has 0 bridgehead atoms. The van der Waals surface area contributed by atoms with Crippen molar-refractivity contribution in [2.75, 3.05) is 6.54 Å². The molecule has 3 heterocycles. The first-order chi connectivity index (χ1) is 14.2. The van der Waals surface area contributed by atoms with Crippen LogP contribution in [-0.2, 0) is 25.7 Å². The van der Waals surface area contributed by atoms with Gasteiger partial charge >= 0.3 is 6.18 Å². The number of hydrogen-bond acceptors (Lipinski definition) is 6. The zero-order valence-corrected chi connectivity index (χ0v) is 16.1. The van der Waals surface area contributed by atoms with Gasteiger partial charge < -0.3 is 4.42 Å².